The van der Waals surface area contributed by atoms with E-state index in [2.05, 4.69) is 30.6 Å². The highest BCUT2D eigenvalue weighted by Gasteiger charge is 2.28. The van der Waals surface area contributed by atoms with Gasteiger partial charge in [-0.3, -0.25) is 4.98 Å². The third kappa shape index (κ3) is 4.76. The van der Waals surface area contributed by atoms with Crippen LogP contribution in [0.25, 0.3) is 22.2 Å². The molecular formula is C26H33N5O4. The van der Waals surface area contributed by atoms with E-state index in [0.717, 1.165) is 53.2 Å². The molecule has 0 aliphatic carbocycles. The fourth-order valence-electron chi connectivity index (χ4n) is 4.96. The largest absolute Gasteiger partial charge is 0.496 e. The van der Waals surface area contributed by atoms with Gasteiger partial charge in [-0.1, -0.05) is 0 Å². The van der Waals surface area contributed by atoms with Crippen molar-refractivity contribution in [1.29, 1.82) is 0 Å². The molecule has 2 aliphatic heterocycles. The van der Waals surface area contributed by atoms with Crippen molar-refractivity contribution < 1.29 is 19.3 Å². The average molecular weight is 480 g/mol. The summed E-state index contributed by atoms with van der Waals surface area (Å²) in [6.45, 7) is 9.79. The zero-order valence-electron chi connectivity index (χ0n) is 20.8. The number of aromatic nitrogens is 3. The minimum absolute atomic E-state index is 0.108. The second-order valence-electron chi connectivity index (χ2n) is 9.40. The zero-order valence-corrected chi connectivity index (χ0v) is 20.8. The van der Waals surface area contributed by atoms with E-state index in [1.165, 1.54) is 0 Å². The van der Waals surface area contributed by atoms with Crippen LogP contribution in [0.2, 0.25) is 0 Å². The maximum Gasteiger partial charge on any atom is 0.228 e. The van der Waals surface area contributed by atoms with Crippen molar-refractivity contribution in [2.24, 2.45) is 0 Å². The van der Waals surface area contributed by atoms with E-state index in [1.54, 1.807) is 7.11 Å². The number of nitrogens with zero attached hydrogens (tertiary/aromatic N) is 5. The summed E-state index contributed by atoms with van der Waals surface area (Å²) in [4.78, 5) is 19.3. The molecule has 0 saturated carbocycles. The molecule has 9 nitrogen and oxygen atoms in total. The van der Waals surface area contributed by atoms with E-state index in [-0.39, 0.29) is 24.9 Å². The molecule has 5 rings (SSSR count). The standard InChI is InChI=1S/C26H33N5O4/c1-16-15-34-8-7-31(16)26-28-23-10-22(19-5-6-24(33-4)20(9-19)14-32)27-11-21(23)25(29-26)30-12-17(2)35-18(3)13-30/h5-6,9-11,16-18,32H,7-8,12-15H2,1-4H3/t16-,17-,18+/m0/s1. The molecule has 2 saturated heterocycles. The molecule has 2 fully saturated rings. The monoisotopic (exact) mass is 479 g/mol. The second-order valence-corrected chi connectivity index (χ2v) is 9.40. The van der Waals surface area contributed by atoms with Crippen molar-refractivity contribution in [2.45, 2.75) is 45.6 Å². The van der Waals surface area contributed by atoms with E-state index >= 15 is 0 Å². The van der Waals surface area contributed by atoms with Crippen LogP contribution in [0.15, 0.2) is 30.5 Å². The SMILES string of the molecule is COc1ccc(-c2cc3nc(N4CCOC[C@@H]4C)nc(N4C[C@@H](C)O[C@@H](C)C4)c3cn2)cc1CO. The van der Waals surface area contributed by atoms with Crippen LogP contribution >= 0.6 is 0 Å². The summed E-state index contributed by atoms with van der Waals surface area (Å²) in [5.41, 5.74) is 3.23. The fraction of sp³-hybridized carbons (Fsp3) is 0.500. The molecule has 1 aromatic carbocycles. The Morgan fingerprint density at radius 2 is 1.91 bits per heavy atom. The maximum absolute atomic E-state index is 9.77. The normalized spacial score (nSPS) is 23.1. The number of aliphatic hydroxyl groups is 1. The Morgan fingerprint density at radius 1 is 1.11 bits per heavy atom. The van der Waals surface area contributed by atoms with Crippen LogP contribution in [0.5, 0.6) is 5.75 Å². The summed E-state index contributed by atoms with van der Waals surface area (Å²) in [6.07, 6.45) is 2.08. The lowest BCUT2D eigenvalue weighted by atomic mass is 10.1. The molecule has 3 atom stereocenters. The Morgan fingerprint density at radius 3 is 2.63 bits per heavy atom. The molecule has 0 spiro atoms. The first-order valence-corrected chi connectivity index (χ1v) is 12.2. The molecule has 186 valence electrons. The van der Waals surface area contributed by atoms with E-state index in [0.29, 0.717) is 24.9 Å². The van der Waals surface area contributed by atoms with Gasteiger partial charge in [0, 0.05) is 37.0 Å². The molecule has 0 unspecified atom stereocenters. The fourth-order valence-corrected chi connectivity index (χ4v) is 4.96. The smallest absolute Gasteiger partial charge is 0.228 e. The number of hydrogen-bond acceptors (Lipinski definition) is 9. The van der Waals surface area contributed by atoms with Gasteiger partial charge in [0.2, 0.25) is 5.95 Å². The van der Waals surface area contributed by atoms with Gasteiger partial charge in [0.1, 0.15) is 11.6 Å². The van der Waals surface area contributed by atoms with Gasteiger partial charge >= 0.3 is 0 Å². The number of rotatable bonds is 5. The van der Waals surface area contributed by atoms with Crippen molar-refractivity contribution in [3.8, 4) is 17.0 Å². The summed E-state index contributed by atoms with van der Waals surface area (Å²) in [6, 6.07) is 7.91. The van der Waals surface area contributed by atoms with Gasteiger partial charge in [0.05, 0.1) is 61.8 Å². The lowest BCUT2D eigenvalue weighted by molar-refractivity contribution is -0.00537. The topological polar surface area (TPSA) is 93.1 Å². The number of aliphatic hydroxyl groups excluding tert-OH is 1. The second kappa shape index (κ2) is 9.93. The summed E-state index contributed by atoms with van der Waals surface area (Å²) >= 11 is 0. The molecule has 35 heavy (non-hydrogen) atoms. The van der Waals surface area contributed by atoms with Gasteiger partial charge < -0.3 is 29.1 Å². The Hall–Kier alpha value is -3.01. The zero-order chi connectivity index (χ0) is 24.5. The Balaban J connectivity index is 1.63. The molecular weight excluding hydrogens is 446 g/mol. The molecule has 0 radical (unpaired) electrons. The molecule has 3 aromatic rings. The quantitative estimate of drug-likeness (QED) is 0.593. The van der Waals surface area contributed by atoms with Gasteiger partial charge in [-0.15, -0.1) is 0 Å². The predicted octanol–water partition coefficient (Wildman–Crippen LogP) is 3.03. The lowest BCUT2D eigenvalue weighted by Gasteiger charge is -2.38. The first-order chi connectivity index (χ1) is 17.0. The average Bonchev–Trinajstić information content (AvgIpc) is 2.87. The van der Waals surface area contributed by atoms with E-state index in [9.17, 15) is 5.11 Å². The van der Waals surface area contributed by atoms with Crippen LogP contribution in [0, 0.1) is 0 Å². The highest BCUT2D eigenvalue weighted by atomic mass is 16.5. The number of anilines is 2. The molecule has 4 heterocycles. The molecule has 2 aromatic heterocycles. The number of benzene rings is 1. The number of pyridine rings is 1. The summed E-state index contributed by atoms with van der Waals surface area (Å²) in [5.74, 6) is 2.24. The number of fused-ring (bicyclic) bond motifs is 1. The highest BCUT2D eigenvalue weighted by Crippen LogP contribution is 2.33. The predicted molar refractivity (Wildman–Crippen MR) is 135 cm³/mol. The maximum atomic E-state index is 9.77. The van der Waals surface area contributed by atoms with Gasteiger partial charge in [-0.25, -0.2) is 4.98 Å². The summed E-state index contributed by atoms with van der Waals surface area (Å²) in [5, 5.41) is 10.7. The lowest BCUT2D eigenvalue weighted by Crippen LogP contribution is -2.47. The van der Waals surface area contributed by atoms with Crippen LogP contribution in [-0.4, -0.2) is 78.3 Å². The van der Waals surface area contributed by atoms with Crippen LogP contribution in [0.3, 0.4) is 0 Å². The Bertz CT molecular complexity index is 1200. The third-order valence-corrected chi connectivity index (χ3v) is 6.64. The van der Waals surface area contributed by atoms with Crippen molar-refractivity contribution in [3.05, 3.63) is 36.0 Å². The van der Waals surface area contributed by atoms with E-state index < -0.39 is 0 Å². The van der Waals surface area contributed by atoms with E-state index in [4.69, 9.17) is 29.2 Å². The number of morpholine rings is 2. The van der Waals surface area contributed by atoms with E-state index in [1.807, 2.05) is 30.5 Å². The molecule has 1 N–H and O–H groups in total. The van der Waals surface area contributed by atoms with Crippen LogP contribution in [0.1, 0.15) is 26.3 Å². The van der Waals surface area contributed by atoms with Gasteiger partial charge in [0.25, 0.3) is 0 Å². The number of methoxy groups -OCH3 is 1. The molecule has 0 amide bonds. The van der Waals surface area contributed by atoms with Crippen LogP contribution < -0.4 is 14.5 Å². The van der Waals surface area contributed by atoms with Crippen molar-refractivity contribution in [2.75, 3.05) is 49.8 Å². The minimum atomic E-state index is -0.108. The number of ether oxygens (including phenoxy) is 3. The van der Waals surface area contributed by atoms with Crippen LogP contribution in [0.4, 0.5) is 11.8 Å². The molecule has 0 bridgehead atoms. The van der Waals surface area contributed by atoms with Gasteiger partial charge in [-0.2, -0.15) is 4.98 Å². The number of hydrogen-bond donors (Lipinski definition) is 1. The summed E-state index contributed by atoms with van der Waals surface area (Å²) in [7, 11) is 1.60. The highest BCUT2D eigenvalue weighted by molar-refractivity contribution is 5.92. The summed E-state index contributed by atoms with van der Waals surface area (Å²) < 4.78 is 17.0. The van der Waals surface area contributed by atoms with Crippen molar-refractivity contribution >= 4 is 22.7 Å². The first-order valence-electron chi connectivity index (χ1n) is 12.2. The Kier molecular flexibility index (Phi) is 6.73. The minimum Gasteiger partial charge on any atom is -0.496 e. The third-order valence-electron chi connectivity index (χ3n) is 6.64. The van der Waals surface area contributed by atoms with Crippen LogP contribution in [-0.2, 0) is 16.1 Å². The first kappa shape index (κ1) is 23.7. The van der Waals surface area contributed by atoms with Gasteiger partial charge in [-0.05, 0) is 45.0 Å². The Labute approximate surface area is 205 Å². The van der Waals surface area contributed by atoms with Gasteiger partial charge in [0.15, 0.2) is 0 Å². The molecule has 9 heteroatoms. The molecule has 2 aliphatic rings. The van der Waals surface area contributed by atoms with Crippen molar-refractivity contribution in [3.63, 3.8) is 0 Å². The van der Waals surface area contributed by atoms with Crippen molar-refractivity contribution in [1.82, 2.24) is 15.0 Å².